The fourth-order valence-corrected chi connectivity index (χ4v) is 4.67. The molecule has 2 amide bonds. The van der Waals surface area contributed by atoms with Gasteiger partial charge >= 0.3 is 12.2 Å². The molecule has 0 atom stereocenters. The quantitative estimate of drug-likeness (QED) is 0.507. The summed E-state index contributed by atoms with van der Waals surface area (Å²) in [4.78, 5) is 29.6. The van der Waals surface area contributed by atoms with Gasteiger partial charge in [0.05, 0.1) is 0 Å². The molecule has 2 heterocycles. The van der Waals surface area contributed by atoms with Crippen LogP contribution < -0.4 is 20.4 Å². The summed E-state index contributed by atoms with van der Waals surface area (Å²) in [5.74, 6) is 0. The van der Waals surface area contributed by atoms with E-state index in [0.29, 0.717) is 0 Å². The van der Waals surface area contributed by atoms with Gasteiger partial charge in [0.25, 0.3) is 0 Å². The average Bonchev–Trinajstić information content (AvgIpc) is 2.97. The van der Waals surface area contributed by atoms with E-state index in [9.17, 15) is 9.59 Å². The highest BCUT2D eigenvalue weighted by Crippen LogP contribution is 2.40. The summed E-state index contributed by atoms with van der Waals surface area (Å²) in [5, 5.41) is 5.86. The smallest absolute Gasteiger partial charge is 0.412 e. The van der Waals surface area contributed by atoms with Gasteiger partial charge in [0.1, 0.15) is 11.2 Å². The van der Waals surface area contributed by atoms with Crippen molar-refractivity contribution in [1.29, 1.82) is 0 Å². The zero-order chi connectivity index (χ0) is 26.4. The van der Waals surface area contributed by atoms with Gasteiger partial charge in [0.15, 0.2) is 0 Å². The largest absolute Gasteiger partial charge is 0.444 e. The Bertz CT molecular complexity index is 1100. The molecule has 2 aromatic rings. The number of carbonyl (C=O) groups excluding carboxylic acids is 2. The van der Waals surface area contributed by atoms with Crippen LogP contribution in [0.15, 0.2) is 24.3 Å². The zero-order valence-electron chi connectivity index (χ0n) is 22.7. The van der Waals surface area contributed by atoms with Crippen LogP contribution in [0.2, 0.25) is 0 Å². The first-order chi connectivity index (χ1) is 16.7. The fraction of sp³-hybridized carbons (Fsp3) is 0.500. The molecule has 194 valence electrons. The van der Waals surface area contributed by atoms with Crippen molar-refractivity contribution in [3.8, 4) is 0 Å². The van der Waals surface area contributed by atoms with Crippen LogP contribution in [-0.4, -0.2) is 36.5 Å². The highest BCUT2D eigenvalue weighted by molar-refractivity contribution is 5.89. The van der Waals surface area contributed by atoms with E-state index in [2.05, 4.69) is 44.7 Å². The molecule has 0 fully saturated rings. The van der Waals surface area contributed by atoms with Gasteiger partial charge in [-0.25, -0.2) is 9.59 Å². The maximum absolute atomic E-state index is 12.4. The highest BCUT2D eigenvalue weighted by Gasteiger charge is 2.29. The van der Waals surface area contributed by atoms with Gasteiger partial charge in [-0.3, -0.25) is 10.6 Å². The molecule has 0 radical (unpaired) electrons. The Kier molecular flexibility index (Phi) is 6.58. The molecule has 8 nitrogen and oxygen atoms in total. The van der Waals surface area contributed by atoms with Crippen molar-refractivity contribution in [3.63, 3.8) is 0 Å². The van der Waals surface area contributed by atoms with E-state index < -0.39 is 23.4 Å². The van der Waals surface area contributed by atoms with E-state index in [-0.39, 0.29) is 0 Å². The number of amides is 2. The topological polar surface area (TPSA) is 83.1 Å². The number of hydrogen-bond acceptors (Lipinski definition) is 6. The second kappa shape index (κ2) is 9.22. The van der Waals surface area contributed by atoms with Crippen molar-refractivity contribution in [2.24, 2.45) is 0 Å². The predicted molar refractivity (Wildman–Crippen MR) is 144 cm³/mol. The molecule has 0 aliphatic carbocycles. The summed E-state index contributed by atoms with van der Waals surface area (Å²) in [6, 6.07) is 8.42. The van der Waals surface area contributed by atoms with Gasteiger partial charge < -0.3 is 19.3 Å². The van der Waals surface area contributed by atoms with E-state index in [0.717, 1.165) is 60.1 Å². The molecule has 2 N–H and O–H groups in total. The molecule has 0 aromatic heterocycles. The maximum atomic E-state index is 12.4. The standard InChI is InChI=1S/C28H38N4O4/c1-17-11-19-15-31-9-10-32(23(19)13-21(17)29-25(33)35-27(3,4)5)16-20-12-18(2)22(14-24(20)31)30-26(34)36-28(6,7)8/h11-14H,9-10,15-16H2,1-8H3,(H,29,33)(H,30,34). The van der Waals surface area contributed by atoms with E-state index in [1.807, 2.05) is 55.4 Å². The maximum Gasteiger partial charge on any atom is 0.412 e. The second-order valence-electron chi connectivity index (χ2n) is 11.7. The van der Waals surface area contributed by atoms with Gasteiger partial charge in [0, 0.05) is 48.9 Å². The van der Waals surface area contributed by atoms with Crippen molar-refractivity contribution < 1.29 is 19.1 Å². The number of fused-ring (bicyclic) bond motifs is 7. The van der Waals surface area contributed by atoms with Crippen molar-refractivity contribution in [3.05, 3.63) is 46.5 Å². The van der Waals surface area contributed by atoms with Crippen LogP contribution in [0.4, 0.5) is 32.3 Å². The van der Waals surface area contributed by atoms with Crippen LogP contribution in [0.25, 0.3) is 0 Å². The lowest BCUT2D eigenvalue weighted by atomic mass is 10.0. The van der Waals surface area contributed by atoms with Crippen molar-refractivity contribution in [2.75, 3.05) is 33.5 Å². The predicted octanol–water partition coefficient (Wildman–Crippen LogP) is 6.34. The molecule has 0 unspecified atom stereocenters. The highest BCUT2D eigenvalue weighted by atomic mass is 16.6. The van der Waals surface area contributed by atoms with Crippen molar-refractivity contribution in [1.82, 2.24) is 0 Å². The summed E-state index contributed by atoms with van der Waals surface area (Å²) >= 11 is 0. The molecule has 4 rings (SSSR count). The van der Waals surface area contributed by atoms with Crippen molar-refractivity contribution in [2.45, 2.75) is 79.7 Å². The monoisotopic (exact) mass is 494 g/mol. The lowest BCUT2D eigenvalue weighted by Crippen LogP contribution is -2.28. The first-order valence-corrected chi connectivity index (χ1v) is 12.5. The Hall–Kier alpha value is -3.42. The minimum Gasteiger partial charge on any atom is -0.444 e. The minimum absolute atomic E-state index is 0.453. The molecule has 0 spiro atoms. The van der Waals surface area contributed by atoms with E-state index in [1.54, 1.807) is 0 Å². The number of hydrogen-bond donors (Lipinski definition) is 2. The number of aryl methyl sites for hydroxylation is 2. The normalized spacial score (nSPS) is 14.9. The summed E-state index contributed by atoms with van der Waals surface area (Å²) in [6.45, 7) is 18.3. The van der Waals surface area contributed by atoms with E-state index in [1.165, 1.54) is 11.1 Å². The molecule has 0 saturated carbocycles. The number of nitrogens with one attached hydrogen (secondary N) is 2. The number of carbonyl (C=O) groups is 2. The number of benzene rings is 2. The van der Waals surface area contributed by atoms with Gasteiger partial charge in [-0.1, -0.05) is 12.1 Å². The minimum atomic E-state index is -0.560. The van der Waals surface area contributed by atoms with Gasteiger partial charge in [0.2, 0.25) is 0 Å². The third-order valence-electron chi connectivity index (χ3n) is 6.17. The Labute approximate surface area is 213 Å². The van der Waals surface area contributed by atoms with E-state index >= 15 is 0 Å². The number of anilines is 4. The van der Waals surface area contributed by atoms with Crippen LogP contribution in [0, 0.1) is 13.8 Å². The Balaban J connectivity index is 1.62. The SMILES string of the molecule is Cc1cc2c(cc1NC(=O)OC(C)(C)C)N1CCN(C2)c2cc(NC(=O)OC(C)(C)C)c(C)cc2C1. The number of ether oxygens (including phenoxy) is 2. The molecule has 0 saturated heterocycles. The lowest BCUT2D eigenvalue weighted by molar-refractivity contribution is 0.0624. The molecule has 2 aliphatic rings. The van der Waals surface area contributed by atoms with Crippen LogP contribution >= 0.6 is 0 Å². The molecule has 8 heteroatoms. The van der Waals surface area contributed by atoms with Crippen LogP contribution in [0.1, 0.15) is 63.8 Å². The Morgan fingerprint density at radius 2 is 1.06 bits per heavy atom. The Morgan fingerprint density at radius 1 is 0.694 bits per heavy atom. The first-order valence-electron chi connectivity index (χ1n) is 12.5. The molecular weight excluding hydrogens is 456 g/mol. The molecule has 36 heavy (non-hydrogen) atoms. The second-order valence-corrected chi connectivity index (χ2v) is 11.7. The molecule has 2 aliphatic heterocycles. The summed E-state index contributed by atoms with van der Waals surface area (Å²) in [6.07, 6.45) is -0.907. The lowest BCUT2D eigenvalue weighted by Gasteiger charge is -2.30. The molecule has 2 aromatic carbocycles. The third kappa shape index (κ3) is 5.86. The van der Waals surface area contributed by atoms with Crippen LogP contribution in [0.3, 0.4) is 0 Å². The van der Waals surface area contributed by atoms with Crippen LogP contribution in [0.5, 0.6) is 0 Å². The third-order valence-corrected chi connectivity index (χ3v) is 6.17. The fourth-order valence-electron chi connectivity index (χ4n) is 4.67. The molecular formula is C28H38N4O4. The average molecular weight is 495 g/mol. The summed E-state index contributed by atoms with van der Waals surface area (Å²) in [5.41, 5.74) is 7.01. The number of nitrogens with zero attached hydrogens (tertiary/aromatic N) is 2. The van der Waals surface area contributed by atoms with Crippen LogP contribution in [-0.2, 0) is 22.6 Å². The Morgan fingerprint density at radius 3 is 1.39 bits per heavy atom. The summed E-state index contributed by atoms with van der Waals surface area (Å²) in [7, 11) is 0. The van der Waals surface area contributed by atoms with Crippen molar-refractivity contribution >= 4 is 34.9 Å². The number of rotatable bonds is 2. The van der Waals surface area contributed by atoms with Gasteiger partial charge in [-0.15, -0.1) is 0 Å². The van der Waals surface area contributed by atoms with E-state index in [4.69, 9.17) is 9.47 Å². The van der Waals surface area contributed by atoms with Gasteiger partial charge in [-0.05, 0) is 89.8 Å². The zero-order valence-corrected chi connectivity index (χ0v) is 22.7. The molecule has 2 bridgehead atoms. The van der Waals surface area contributed by atoms with Gasteiger partial charge in [-0.2, -0.15) is 0 Å². The first kappa shape index (κ1) is 25.7. The summed E-state index contributed by atoms with van der Waals surface area (Å²) < 4.78 is 10.9.